The standard InChI is InChI=1S/C22H19N4.C8H16O2.Ir/c1-23-15-25(21-12-5-3-10-19(21)23)17-8-7-9-18(14-17)26-16-24(2)20-11-4-6-13-22(20)26;1-3-4-5-6-7-8(9)10-2;/h3-13,15-16H,1-2H3;6,8-9H,1,3-5,7H2,2H3;/q-3;-2;. The molecule has 2 aliphatic heterocycles. The monoisotopic (exact) mass is 676 g/mol. The van der Waals surface area contributed by atoms with Crippen LogP contribution in [0.15, 0.2) is 66.7 Å². The summed E-state index contributed by atoms with van der Waals surface area (Å²) in [5.74, 6) is 0. The molecule has 1 N–H and O–H groups in total. The maximum Gasteiger partial charge on any atom is 0.127 e. The van der Waals surface area contributed by atoms with E-state index in [9.17, 15) is 0 Å². The molecule has 3 aromatic carbocycles. The third-order valence-electron chi connectivity index (χ3n) is 6.20. The van der Waals surface area contributed by atoms with Gasteiger partial charge in [0, 0.05) is 50.0 Å². The number of rotatable bonds is 8. The van der Waals surface area contributed by atoms with Crippen LogP contribution >= 0.6 is 0 Å². The molecule has 1 radical (unpaired) electrons. The topological polar surface area (TPSA) is 42.4 Å². The van der Waals surface area contributed by atoms with Crippen LogP contribution < -0.4 is 19.6 Å². The van der Waals surface area contributed by atoms with E-state index < -0.39 is 6.29 Å². The predicted octanol–water partition coefficient (Wildman–Crippen LogP) is 6.45. The quantitative estimate of drug-likeness (QED) is 0.168. The molecule has 0 bridgehead atoms. The van der Waals surface area contributed by atoms with E-state index in [0.29, 0.717) is 6.42 Å². The fourth-order valence-electron chi connectivity index (χ4n) is 4.28. The first-order chi connectivity index (χ1) is 17.5. The van der Waals surface area contributed by atoms with Gasteiger partial charge in [0.15, 0.2) is 0 Å². The minimum atomic E-state index is -0.621. The van der Waals surface area contributed by atoms with Crippen molar-refractivity contribution in [1.82, 2.24) is 0 Å². The molecule has 3 aromatic rings. The normalized spacial score (nSPS) is 14.5. The fraction of sp³-hybridized carbons (Fsp3) is 0.267. The summed E-state index contributed by atoms with van der Waals surface area (Å²) >= 11 is 0. The number of hydrogen-bond acceptors (Lipinski definition) is 6. The number of aliphatic hydroxyl groups excluding tert-OH is 1. The summed E-state index contributed by atoms with van der Waals surface area (Å²) in [7, 11) is 5.64. The molecule has 0 amide bonds. The minimum absolute atomic E-state index is 0. The number of benzene rings is 3. The van der Waals surface area contributed by atoms with Gasteiger partial charge in [0.2, 0.25) is 0 Å². The predicted molar refractivity (Wildman–Crippen MR) is 149 cm³/mol. The fourth-order valence-corrected chi connectivity index (χ4v) is 4.28. The van der Waals surface area contributed by atoms with Crippen LogP contribution in [0.1, 0.15) is 25.7 Å². The first-order valence-electron chi connectivity index (χ1n) is 12.3. The molecule has 0 spiro atoms. The Bertz CT molecular complexity index is 1050. The first kappa shape index (κ1) is 29.0. The second kappa shape index (κ2) is 13.8. The van der Waals surface area contributed by atoms with Crippen LogP contribution in [0.3, 0.4) is 0 Å². The zero-order valence-corrected chi connectivity index (χ0v) is 24.1. The molecular formula is C30H35IrN4O2-5. The van der Waals surface area contributed by atoms with E-state index >= 15 is 0 Å². The molecule has 0 aromatic heterocycles. The summed E-state index contributed by atoms with van der Waals surface area (Å²) in [4.78, 5) is 8.65. The second-order valence-electron chi connectivity index (χ2n) is 8.80. The Morgan fingerprint density at radius 2 is 1.35 bits per heavy atom. The number of anilines is 6. The van der Waals surface area contributed by atoms with E-state index in [2.05, 4.69) is 131 Å². The van der Waals surface area contributed by atoms with E-state index in [1.165, 1.54) is 29.9 Å². The number of nitrogens with zero attached hydrogens (tertiary/aromatic N) is 4. The van der Waals surface area contributed by atoms with Gasteiger partial charge >= 0.3 is 0 Å². The van der Waals surface area contributed by atoms with Crippen molar-refractivity contribution >= 4 is 34.1 Å². The maximum absolute atomic E-state index is 8.89. The molecular weight excluding hydrogens is 641 g/mol. The van der Waals surface area contributed by atoms with Crippen LogP contribution in [-0.4, -0.2) is 32.6 Å². The average Bonchev–Trinajstić information content (AvgIpc) is 3.44. The summed E-state index contributed by atoms with van der Waals surface area (Å²) in [5.41, 5.74) is 6.80. The van der Waals surface area contributed by atoms with Gasteiger partial charge in [-0.15, -0.1) is 42.4 Å². The third kappa shape index (κ3) is 6.85. The number of aliphatic hydroxyl groups is 1. The summed E-state index contributed by atoms with van der Waals surface area (Å²) in [6.07, 6.45) is 5.10. The molecule has 0 saturated heterocycles. The van der Waals surface area contributed by atoms with Crippen LogP contribution in [0.25, 0.3) is 0 Å². The number of ether oxygens (including phenoxy) is 1. The van der Waals surface area contributed by atoms with Crippen molar-refractivity contribution in [2.24, 2.45) is 0 Å². The summed E-state index contributed by atoms with van der Waals surface area (Å²) in [6, 6.07) is 26.7. The average molecular weight is 676 g/mol. The van der Waals surface area contributed by atoms with E-state index in [1.54, 1.807) is 0 Å². The van der Waals surface area contributed by atoms with Crippen molar-refractivity contribution in [2.45, 2.75) is 32.0 Å². The molecule has 2 heterocycles. The van der Waals surface area contributed by atoms with E-state index in [1.807, 2.05) is 6.42 Å². The van der Waals surface area contributed by atoms with Crippen LogP contribution in [-0.2, 0) is 24.8 Å². The zero-order valence-electron chi connectivity index (χ0n) is 21.7. The van der Waals surface area contributed by atoms with E-state index in [4.69, 9.17) is 5.11 Å². The molecule has 1 unspecified atom stereocenters. The van der Waals surface area contributed by atoms with Gasteiger partial charge in [-0.2, -0.15) is 32.2 Å². The van der Waals surface area contributed by atoms with Crippen molar-refractivity contribution in [3.8, 4) is 0 Å². The van der Waals surface area contributed by atoms with Crippen LogP contribution in [0.5, 0.6) is 0 Å². The zero-order chi connectivity index (χ0) is 25.5. The number of methoxy groups -OCH3 is 1. The number of para-hydroxylation sites is 4. The summed E-state index contributed by atoms with van der Waals surface area (Å²) in [5, 5.41) is 8.89. The van der Waals surface area contributed by atoms with Crippen LogP contribution in [0.4, 0.5) is 34.1 Å². The van der Waals surface area contributed by atoms with Gasteiger partial charge in [0.25, 0.3) is 0 Å². The number of fused-ring (bicyclic) bond motifs is 2. The molecule has 6 nitrogen and oxygen atoms in total. The summed E-state index contributed by atoms with van der Waals surface area (Å²) < 4.78 is 4.64. The van der Waals surface area contributed by atoms with Crippen LogP contribution in [0.2, 0.25) is 0 Å². The molecule has 5 rings (SSSR count). The molecule has 0 fully saturated rings. The van der Waals surface area contributed by atoms with Gasteiger partial charge in [-0.05, 0) is 38.4 Å². The number of hydrogen-bond donors (Lipinski definition) is 1. The Kier molecular flexibility index (Phi) is 10.8. The Hall–Kier alpha value is -2.57. The van der Waals surface area contributed by atoms with Gasteiger partial charge in [-0.25, -0.2) is 0 Å². The molecule has 7 heteroatoms. The van der Waals surface area contributed by atoms with Crippen molar-refractivity contribution < 1.29 is 29.9 Å². The van der Waals surface area contributed by atoms with Gasteiger partial charge in [-0.3, -0.25) is 0 Å². The van der Waals surface area contributed by atoms with Gasteiger partial charge in [0.05, 0.1) is 0 Å². The minimum Gasteiger partial charge on any atom is -0.504 e. The van der Waals surface area contributed by atoms with Crippen LogP contribution in [0, 0.1) is 32.7 Å². The van der Waals surface area contributed by atoms with E-state index in [-0.39, 0.29) is 20.1 Å². The molecule has 37 heavy (non-hydrogen) atoms. The smallest absolute Gasteiger partial charge is 0.127 e. The largest absolute Gasteiger partial charge is 0.504 e. The molecule has 0 saturated carbocycles. The molecule has 201 valence electrons. The van der Waals surface area contributed by atoms with Crippen molar-refractivity contribution in [1.29, 1.82) is 0 Å². The number of unbranched alkanes of at least 4 members (excludes halogenated alkanes) is 3. The molecule has 2 aliphatic rings. The Morgan fingerprint density at radius 1 is 0.865 bits per heavy atom. The molecule has 1 atom stereocenters. The van der Waals surface area contributed by atoms with Crippen molar-refractivity contribution in [3.63, 3.8) is 0 Å². The Balaban J connectivity index is 0.000000298. The van der Waals surface area contributed by atoms with Gasteiger partial charge in [0.1, 0.15) is 6.29 Å². The van der Waals surface area contributed by atoms with E-state index in [0.717, 1.165) is 30.6 Å². The second-order valence-corrected chi connectivity index (χ2v) is 8.80. The SMILES string of the molecule is CN1[CH-]N(c2[c-]c(N3[CH-]N(C)c4ccccc43)ccc2)c2ccccc21.[CH2-]CCC[CH-]CC(O)OC.[Ir]. The van der Waals surface area contributed by atoms with Gasteiger partial charge in [-0.1, -0.05) is 24.3 Å². The maximum atomic E-state index is 8.89. The Morgan fingerprint density at radius 3 is 1.81 bits per heavy atom. The first-order valence-corrected chi connectivity index (χ1v) is 12.3. The van der Waals surface area contributed by atoms with Crippen molar-refractivity contribution in [2.75, 3.05) is 40.8 Å². The molecule has 0 aliphatic carbocycles. The van der Waals surface area contributed by atoms with Crippen molar-refractivity contribution in [3.05, 3.63) is 99.5 Å². The Labute approximate surface area is 235 Å². The summed E-state index contributed by atoms with van der Waals surface area (Å²) in [6.45, 7) is 7.92. The third-order valence-corrected chi connectivity index (χ3v) is 6.20. The van der Waals surface area contributed by atoms with Gasteiger partial charge < -0.3 is 42.8 Å².